The van der Waals surface area contributed by atoms with Crippen LogP contribution in [0.5, 0.6) is 5.88 Å². The summed E-state index contributed by atoms with van der Waals surface area (Å²) in [4.78, 5) is 21.3. The van der Waals surface area contributed by atoms with Gasteiger partial charge in [-0.3, -0.25) is 9.78 Å². The fourth-order valence-corrected chi connectivity index (χ4v) is 3.72. The topological polar surface area (TPSA) is 64.1 Å². The SMILES string of the molecule is COc1ccc(NC(=O)c2ccc(CBr)c(-c3ccc(-c4ccccn4)cc3)c2)cn1. The minimum Gasteiger partial charge on any atom is -0.481 e. The highest BCUT2D eigenvalue weighted by Crippen LogP contribution is 2.29. The molecule has 1 amide bonds. The Kier molecular flexibility index (Phi) is 6.38. The molecule has 2 aromatic heterocycles. The standard InChI is InChI=1S/C25H20BrN3O2/c1-31-24-12-11-21(16-28-24)29-25(30)19-9-10-20(15-26)22(14-19)17-5-7-18(8-6-17)23-4-2-3-13-27-23/h2-14,16H,15H2,1H3,(H,29,30). The van der Waals surface area contributed by atoms with Crippen LogP contribution in [0, 0.1) is 0 Å². The van der Waals surface area contributed by atoms with E-state index in [-0.39, 0.29) is 5.91 Å². The highest BCUT2D eigenvalue weighted by Gasteiger charge is 2.12. The lowest BCUT2D eigenvalue weighted by molar-refractivity contribution is 0.102. The Hall–Kier alpha value is -3.51. The number of methoxy groups -OCH3 is 1. The van der Waals surface area contributed by atoms with Crippen LogP contribution in [0.15, 0.2) is 85.2 Å². The smallest absolute Gasteiger partial charge is 0.255 e. The van der Waals surface area contributed by atoms with Gasteiger partial charge in [0.1, 0.15) is 0 Å². The molecule has 0 fully saturated rings. The zero-order chi connectivity index (χ0) is 21.6. The number of hydrogen-bond acceptors (Lipinski definition) is 4. The Labute approximate surface area is 189 Å². The van der Waals surface area contributed by atoms with E-state index in [1.807, 2.05) is 48.5 Å². The molecule has 0 aliphatic heterocycles. The van der Waals surface area contributed by atoms with E-state index in [1.165, 1.54) is 0 Å². The lowest BCUT2D eigenvalue weighted by Crippen LogP contribution is -2.12. The molecule has 0 spiro atoms. The molecule has 2 heterocycles. The molecule has 0 unspecified atom stereocenters. The largest absolute Gasteiger partial charge is 0.481 e. The van der Waals surface area contributed by atoms with E-state index in [2.05, 4.69) is 43.3 Å². The molecule has 0 saturated heterocycles. The van der Waals surface area contributed by atoms with Crippen molar-refractivity contribution in [3.05, 3.63) is 96.3 Å². The van der Waals surface area contributed by atoms with Crippen molar-refractivity contribution in [1.82, 2.24) is 9.97 Å². The first kappa shape index (κ1) is 20.8. The molecule has 0 radical (unpaired) electrons. The van der Waals surface area contributed by atoms with Gasteiger partial charge in [-0.1, -0.05) is 52.3 Å². The van der Waals surface area contributed by atoms with Gasteiger partial charge in [0.15, 0.2) is 0 Å². The number of nitrogens with one attached hydrogen (secondary N) is 1. The Morgan fingerprint density at radius 2 is 1.77 bits per heavy atom. The molecule has 0 saturated carbocycles. The van der Waals surface area contributed by atoms with E-state index < -0.39 is 0 Å². The molecule has 6 heteroatoms. The summed E-state index contributed by atoms with van der Waals surface area (Å²) in [6.45, 7) is 0. The summed E-state index contributed by atoms with van der Waals surface area (Å²) in [6.07, 6.45) is 3.35. The lowest BCUT2D eigenvalue weighted by atomic mass is 9.96. The van der Waals surface area contributed by atoms with Gasteiger partial charge in [0.05, 0.1) is 24.7 Å². The van der Waals surface area contributed by atoms with E-state index in [0.29, 0.717) is 22.5 Å². The zero-order valence-corrected chi connectivity index (χ0v) is 18.5. The number of pyridine rings is 2. The molecule has 2 aromatic carbocycles. The molecule has 4 aromatic rings. The third-order valence-corrected chi connectivity index (χ3v) is 5.48. The number of aromatic nitrogens is 2. The Bertz CT molecular complexity index is 1180. The first-order valence-electron chi connectivity index (χ1n) is 9.70. The van der Waals surface area contributed by atoms with Crippen LogP contribution in [0.25, 0.3) is 22.4 Å². The lowest BCUT2D eigenvalue weighted by Gasteiger charge is -2.12. The van der Waals surface area contributed by atoms with Gasteiger partial charge in [0, 0.05) is 28.7 Å². The van der Waals surface area contributed by atoms with Crippen molar-refractivity contribution in [2.45, 2.75) is 5.33 Å². The summed E-state index contributed by atoms with van der Waals surface area (Å²) in [5.74, 6) is 0.301. The van der Waals surface area contributed by atoms with Crippen molar-refractivity contribution in [1.29, 1.82) is 0 Å². The molecule has 154 valence electrons. The minimum absolute atomic E-state index is 0.195. The van der Waals surface area contributed by atoms with Crippen molar-refractivity contribution in [3.8, 4) is 28.3 Å². The molecule has 0 bridgehead atoms. The second-order valence-corrected chi connectivity index (χ2v) is 7.40. The van der Waals surface area contributed by atoms with Crippen molar-refractivity contribution in [2.24, 2.45) is 0 Å². The van der Waals surface area contributed by atoms with Gasteiger partial charge in [-0.15, -0.1) is 0 Å². The van der Waals surface area contributed by atoms with E-state index >= 15 is 0 Å². The molecule has 5 nitrogen and oxygen atoms in total. The van der Waals surface area contributed by atoms with Gasteiger partial charge in [-0.2, -0.15) is 0 Å². The number of amides is 1. The Balaban J connectivity index is 1.60. The molecule has 4 rings (SSSR count). The predicted octanol–water partition coefficient (Wildman–Crippen LogP) is 5.97. The number of nitrogens with zero attached hydrogens (tertiary/aromatic N) is 2. The van der Waals surface area contributed by atoms with Crippen LogP contribution in [0.4, 0.5) is 5.69 Å². The van der Waals surface area contributed by atoms with Crippen LogP contribution in [0.2, 0.25) is 0 Å². The summed E-state index contributed by atoms with van der Waals surface area (Å²) in [6, 6.07) is 23.2. The van der Waals surface area contributed by atoms with Crippen LogP contribution in [0.3, 0.4) is 0 Å². The summed E-state index contributed by atoms with van der Waals surface area (Å²) in [5, 5.41) is 3.57. The average molecular weight is 474 g/mol. The van der Waals surface area contributed by atoms with Crippen LogP contribution in [-0.4, -0.2) is 23.0 Å². The maximum absolute atomic E-state index is 12.8. The fourth-order valence-electron chi connectivity index (χ4n) is 3.24. The molecule has 0 aliphatic rings. The number of carbonyl (C=O) groups excluding carboxylic acids is 1. The number of hydrogen-bond donors (Lipinski definition) is 1. The highest BCUT2D eigenvalue weighted by molar-refractivity contribution is 9.08. The number of ether oxygens (including phenoxy) is 1. The van der Waals surface area contributed by atoms with Crippen LogP contribution >= 0.6 is 15.9 Å². The Morgan fingerprint density at radius 3 is 2.42 bits per heavy atom. The van der Waals surface area contributed by atoms with E-state index in [4.69, 9.17) is 4.74 Å². The normalized spacial score (nSPS) is 10.5. The molecule has 31 heavy (non-hydrogen) atoms. The maximum Gasteiger partial charge on any atom is 0.255 e. The van der Waals surface area contributed by atoms with E-state index in [9.17, 15) is 4.79 Å². The number of anilines is 1. The van der Waals surface area contributed by atoms with Gasteiger partial charge in [-0.25, -0.2) is 4.98 Å². The van der Waals surface area contributed by atoms with Gasteiger partial charge >= 0.3 is 0 Å². The highest BCUT2D eigenvalue weighted by atomic mass is 79.9. The monoisotopic (exact) mass is 473 g/mol. The van der Waals surface area contributed by atoms with Gasteiger partial charge < -0.3 is 10.1 Å². The summed E-state index contributed by atoms with van der Waals surface area (Å²) in [5.41, 5.74) is 6.30. The van der Waals surface area contributed by atoms with Gasteiger partial charge in [0.2, 0.25) is 5.88 Å². The number of alkyl halides is 1. The number of halogens is 1. The maximum atomic E-state index is 12.8. The van der Waals surface area contributed by atoms with Crippen molar-refractivity contribution < 1.29 is 9.53 Å². The first-order chi connectivity index (χ1) is 15.2. The molecule has 0 atom stereocenters. The van der Waals surface area contributed by atoms with Gasteiger partial charge in [0.25, 0.3) is 5.91 Å². The third-order valence-electron chi connectivity index (χ3n) is 4.88. The molecular formula is C25H20BrN3O2. The third kappa shape index (κ3) is 4.81. The quantitative estimate of drug-likeness (QED) is 0.350. The second kappa shape index (κ2) is 9.53. The van der Waals surface area contributed by atoms with Crippen LogP contribution in [-0.2, 0) is 5.33 Å². The first-order valence-corrected chi connectivity index (χ1v) is 10.8. The molecule has 1 N–H and O–H groups in total. The summed E-state index contributed by atoms with van der Waals surface area (Å²) in [7, 11) is 1.55. The predicted molar refractivity (Wildman–Crippen MR) is 126 cm³/mol. The van der Waals surface area contributed by atoms with E-state index in [0.717, 1.165) is 27.9 Å². The summed E-state index contributed by atoms with van der Waals surface area (Å²) >= 11 is 3.56. The number of rotatable bonds is 6. The van der Waals surface area contributed by atoms with Gasteiger partial charge in [-0.05, 0) is 47.0 Å². The fraction of sp³-hybridized carbons (Fsp3) is 0.0800. The van der Waals surface area contributed by atoms with Crippen LogP contribution in [0.1, 0.15) is 15.9 Å². The molecular weight excluding hydrogens is 454 g/mol. The zero-order valence-electron chi connectivity index (χ0n) is 16.9. The van der Waals surface area contributed by atoms with Crippen molar-refractivity contribution >= 4 is 27.5 Å². The second-order valence-electron chi connectivity index (χ2n) is 6.84. The minimum atomic E-state index is -0.195. The van der Waals surface area contributed by atoms with E-state index in [1.54, 1.807) is 31.6 Å². The summed E-state index contributed by atoms with van der Waals surface area (Å²) < 4.78 is 5.05. The van der Waals surface area contributed by atoms with Crippen molar-refractivity contribution in [2.75, 3.05) is 12.4 Å². The average Bonchev–Trinajstić information content (AvgIpc) is 2.84. The van der Waals surface area contributed by atoms with Crippen LogP contribution < -0.4 is 10.1 Å². The Morgan fingerprint density at radius 1 is 0.968 bits per heavy atom. The molecule has 0 aliphatic carbocycles. The number of benzene rings is 2. The number of carbonyl (C=O) groups is 1. The van der Waals surface area contributed by atoms with Crippen molar-refractivity contribution in [3.63, 3.8) is 0 Å².